The molecule has 4 heteroatoms. The number of rotatable bonds is 3. The van der Waals surface area contributed by atoms with E-state index >= 15 is 0 Å². The summed E-state index contributed by atoms with van der Waals surface area (Å²) in [6, 6.07) is 9.61. The number of hydrogen-bond acceptors (Lipinski definition) is 3. The predicted octanol–water partition coefficient (Wildman–Crippen LogP) is 1.46. The average molecular weight is 229 g/mol. The highest BCUT2D eigenvalue weighted by molar-refractivity contribution is 5.62. The minimum Gasteiger partial charge on any atom is -0.326 e. The normalized spacial score (nSPS) is 10.5. The summed E-state index contributed by atoms with van der Waals surface area (Å²) in [5.41, 5.74) is 9.15. The van der Waals surface area contributed by atoms with Crippen molar-refractivity contribution < 1.29 is 0 Å². The van der Waals surface area contributed by atoms with Crippen molar-refractivity contribution >= 4 is 0 Å². The summed E-state index contributed by atoms with van der Waals surface area (Å²) in [5.74, 6) is 0. The second-order valence-corrected chi connectivity index (χ2v) is 3.86. The monoisotopic (exact) mass is 229 g/mol. The third kappa shape index (κ3) is 2.42. The number of aryl methyl sites for hydroxylation is 1. The second-order valence-electron chi connectivity index (χ2n) is 3.86. The molecule has 1 aromatic carbocycles. The molecule has 0 fully saturated rings. The van der Waals surface area contributed by atoms with Crippen molar-refractivity contribution in [3.05, 3.63) is 51.8 Å². The lowest BCUT2D eigenvalue weighted by atomic mass is 10.0. The number of H-pyrrole nitrogens is 1. The molecule has 0 atom stereocenters. The van der Waals surface area contributed by atoms with Gasteiger partial charge in [0.1, 0.15) is 0 Å². The van der Waals surface area contributed by atoms with Gasteiger partial charge < -0.3 is 5.73 Å². The van der Waals surface area contributed by atoms with Gasteiger partial charge in [-0.2, -0.15) is 5.10 Å². The highest BCUT2D eigenvalue weighted by Gasteiger charge is 2.06. The highest BCUT2D eigenvalue weighted by Crippen LogP contribution is 2.19. The zero-order valence-electron chi connectivity index (χ0n) is 9.73. The fraction of sp³-hybridized carbons (Fsp3) is 0.231. The molecule has 0 amide bonds. The van der Waals surface area contributed by atoms with Gasteiger partial charge in [-0.05, 0) is 17.5 Å². The van der Waals surface area contributed by atoms with Gasteiger partial charge in [0.15, 0.2) is 0 Å². The van der Waals surface area contributed by atoms with E-state index in [1.165, 1.54) is 11.6 Å². The fourth-order valence-electron chi connectivity index (χ4n) is 1.75. The maximum Gasteiger partial charge on any atom is 0.264 e. The Labute approximate surface area is 99.5 Å². The minimum atomic E-state index is -0.223. The predicted molar refractivity (Wildman–Crippen MR) is 67.6 cm³/mol. The van der Waals surface area contributed by atoms with Crippen LogP contribution in [0.5, 0.6) is 0 Å². The number of nitrogens with zero attached hydrogens (tertiary/aromatic N) is 1. The lowest BCUT2D eigenvalue weighted by Gasteiger charge is -2.06. The molecule has 0 aliphatic carbocycles. The smallest absolute Gasteiger partial charge is 0.264 e. The number of benzene rings is 1. The average Bonchev–Trinajstić information content (AvgIpc) is 2.39. The molecule has 1 heterocycles. The molecular weight excluding hydrogens is 214 g/mol. The molecule has 0 aliphatic heterocycles. The fourth-order valence-corrected chi connectivity index (χ4v) is 1.75. The van der Waals surface area contributed by atoms with E-state index in [1.54, 1.807) is 0 Å². The standard InChI is InChI=1S/C13H15N3O/c1-2-9-3-5-10(6-4-9)13-11(8-14)7-12(17)15-16-13/h3-7H,2,8,14H2,1H3,(H,15,17). The van der Waals surface area contributed by atoms with Crippen LogP contribution < -0.4 is 11.3 Å². The summed E-state index contributed by atoms with van der Waals surface area (Å²) < 4.78 is 0. The van der Waals surface area contributed by atoms with E-state index in [1.807, 2.05) is 12.1 Å². The van der Waals surface area contributed by atoms with Gasteiger partial charge in [0.25, 0.3) is 5.56 Å². The number of nitrogens with one attached hydrogen (secondary N) is 1. The zero-order chi connectivity index (χ0) is 12.3. The highest BCUT2D eigenvalue weighted by atomic mass is 16.1. The molecule has 0 saturated carbocycles. The van der Waals surface area contributed by atoms with Crippen molar-refractivity contribution in [3.8, 4) is 11.3 Å². The molecule has 0 radical (unpaired) electrons. The molecule has 4 nitrogen and oxygen atoms in total. The van der Waals surface area contributed by atoms with E-state index in [-0.39, 0.29) is 5.56 Å². The van der Waals surface area contributed by atoms with E-state index in [0.29, 0.717) is 6.54 Å². The van der Waals surface area contributed by atoms with Crippen LogP contribution in [0.3, 0.4) is 0 Å². The Morgan fingerprint density at radius 3 is 2.59 bits per heavy atom. The largest absolute Gasteiger partial charge is 0.326 e. The van der Waals surface area contributed by atoms with Crippen LogP contribution in [0.15, 0.2) is 35.1 Å². The van der Waals surface area contributed by atoms with Crippen molar-refractivity contribution in [3.63, 3.8) is 0 Å². The van der Waals surface area contributed by atoms with E-state index in [9.17, 15) is 4.79 Å². The van der Waals surface area contributed by atoms with Gasteiger partial charge in [-0.25, -0.2) is 5.10 Å². The van der Waals surface area contributed by atoms with Crippen LogP contribution >= 0.6 is 0 Å². The third-order valence-electron chi connectivity index (χ3n) is 2.74. The van der Waals surface area contributed by atoms with Crippen molar-refractivity contribution in [1.29, 1.82) is 0 Å². The van der Waals surface area contributed by atoms with Crippen LogP contribution in [0, 0.1) is 0 Å². The van der Waals surface area contributed by atoms with E-state index in [4.69, 9.17) is 5.73 Å². The Morgan fingerprint density at radius 1 is 1.29 bits per heavy atom. The van der Waals surface area contributed by atoms with Gasteiger partial charge in [-0.1, -0.05) is 31.2 Å². The first-order chi connectivity index (χ1) is 8.24. The quantitative estimate of drug-likeness (QED) is 0.837. The Hall–Kier alpha value is -1.94. The molecule has 2 aromatic rings. The van der Waals surface area contributed by atoms with Gasteiger partial charge in [-0.3, -0.25) is 4.79 Å². The van der Waals surface area contributed by atoms with Gasteiger partial charge in [0.05, 0.1) is 5.69 Å². The van der Waals surface area contributed by atoms with E-state index in [2.05, 4.69) is 29.3 Å². The number of hydrogen-bond donors (Lipinski definition) is 2. The Kier molecular flexibility index (Phi) is 3.35. The van der Waals surface area contributed by atoms with Gasteiger partial charge in [0.2, 0.25) is 0 Å². The summed E-state index contributed by atoms with van der Waals surface area (Å²) in [6.07, 6.45) is 1.00. The molecule has 2 rings (SSSR count). The summed E-state index contributed by atoms with van der Waals surface area (Å²) in [7, 11) is 0. The minimum absolute atomic E-state index is 0.223. The third-order valence-corrected chi connectivity index (χ3v) is 2.74. The number of aromatic amines is 1. The van der Waals surface area contributed by atoms with E-state index in [0.717, 1.165) is 23.2 Å². The van der Waals surface area contributed by atoms with Crippen LogP contribution in [0.4, 0.5) is 0 Å². The van der Waals surface area contributed by atoms with Crippen LogP contribution in [0.1, 0.15) is 18.1 Å². The summed E-state index contributed by atoms with van der Waals surface area (Å²) in [5, 5.41) is 6.50. The molecule has 0 unspecified atom stereocenters. The van der Waals surface area contributed by atoms with Crippen LogP contribution in [0.2, 0.25) is 0 Å². The maximum absolute atomic E-state index is 11.2. The topological polar surface area (TPSA) is 71.8 Å². The zero-order valence-corrected chi connectivity index (χ0v) is 9.73. The van der Waals surface area contributed by atoms with Gasteiger partial charge in [0, 0.05) is 18.2 Å². The van der Waals surface area contributed by atoms with Crippen LogP contribution in [-0.2, 0) is 13.0 Å². The van der Waals surface area contributed by atoms with Crippen LogP contribution in [-0.4, -0.2) is 10.2 Å². The van der Waals surface area contributed by atoms with Crippen molar-refractivity contribution in [1.82, 2.24) is 10.2 Å². The lowest BCUT2D eigenvalue weighted by molar-refractivity contribution is 0.944. The Bertz CT molecular complexity index is 558. The Balaban J connectivity index is 2.48. The van der Waals surface area contributed by atoms with Crippen molar-refractivity contribution in [2.75, 3.05) is 0 Å². The first-order valence-corrected chi connectivity index (χ1v) is 5.62. The Morgan fingerprint density at radius 2 is 2.00 bits per heavy atom. The molecule has 0 bridgehead atoms. The van der Waals surface area contributed by atoms with E-state index < -0.39 is 0 Å². The summed E-state index contributed by atoms with van der Waals surface area (Å²) in [4.78, 5) is 11.2. The molecule has 1 aromatic heterocycles. The molecule has 0 aliphatic rings. The molecule has 3 N–H and O–H groups in total. The second kappa shape index (κ2) is 4.93. The van der Waals surface area contributed by atoms with Gasteiger partial charge in [-0.15, -0.1) is 0 Å². The molecule has 0 spiro atoms. The first-order valence-electron chi connectivity index (χ1n) is 5.62. The molecule has 0 saturated heterocycles. The lowest BCUT2D eigenvalue weighted by Crippen LogP contribution is -2.12. The van der Waals surface area contributed by atoms with Crippen LogP contribution in [0.25, 0.3) is 11.3 Å². The maximum atomic E-state index is 11.2. The summed E-state index contributed by atoms with van der Waals surface area (Å²) >= 11 is 0. The van der Waals surface area contributed by atoms with Crippen molar-refractivity contribution in [2.45, 2.75) is 19.9 Å². The first kappa shape index (κ1) is 11.5. The van der Waals surface area contributed by atoms with Gasteiger partial charge >= 0.3 is 0 Å². The molecule has 88 valence electrons. The SMILES string of the molecule is CCc1ccc(-c2n[nH]c(=O)cc2CN)cc1. The number of nitrogens with two attached hydrogens (primary N) is 1. The van der Waals surface area contributed by atoms with Crippen molar-refractivity contribution in [2.24, 2.45) is 5.73 Å². The summed E-state index contributed by atoms with van der Waals surface area (Å²) in [6.45, 7) is 2.42. The molecule has 17 heavy (non-hydrogen) atoms. The number of aromatic nitrogens is 2. The molecular formula is C13H15N3O.